The number of benzene rings is 1. The first kappa shape index (κ1) is 8.81. The molecule has 0 aliphatic carbocycles. The van der Waals surface area contributed by atoms with Gasteiger partial charge in [0.05, 0.1) is 0 Å². The smallest absolute Gasteiger partial charge is 0.202 e. The number of rotatable bonds is 2. The van der Waals surface area contributed by atoms with Gasteiger partial charge in [0.1, 0.15) is 0 Å². The van der Waals surface area contributed by atoms with Crippen molar-refractivity contribution < 1.29 is 9.84 Å². The SMILES string of the molecule is Cc1cc(Cl)cc(NC2OC2O)c1. The number of hydrogen-bond acceptors (Lipinski definition) is 3. The molecule has 1 aliphatic heterocycles. The summed E-state index contributed by atoms with van der Waals surface area (Å²) in [7, 11) is 0. The Bertz CT molecular complexity index is 309. The summed E-state index contributed by atoms with van der Waals surface area (Å²) in [6, 6.07) is 5.61. The van der Waals surface area contributed by atoms with Gasteiger partial charge in [-0.15, -0.1) is 0 Å². The van der Waals surface area contributed by atoms with Crippen molar-refractivity contribution in [2.75, 3.05) is 5.32 Å². The maximum atomic E-state index is 8.91. The molecule has 1 aromatic rings. The van der Waals surface area contributed by atoms with E-state index in [2.05, 4.69) is 5.32 Å². The molecule has 1 heterocycles. The number of nitrogens with one attached hydrogen (secondary N) is 1. The summed E-state index contributed by atoms with van der Waals surface area (Å²) in [6.45, 7) is 1.96. The largest absolute Gasteiger partial charge is 0.364 e. The molecule has 70 valence electrons. The third kappa shape index (κ3) is 2.12. The fourth-order valence-electron chi connectivity index (χ4n) is 1.19. The van der Waals surface area contributed by atoms with E-state index in [4.69, 9.17) is 21.4 Å². The molecule has 2 rings (SSSR count). The zero-order valence-corrected chi connectivity index (χ0v) is 7.88. The van der Waals surface area contributed by atoms with Gasteiger partial charge in [-0.25, -0.2) is 0 Å². The van der Waals surface area contributed by atoms with Crippen LogP contribution in [0.1, 0.15) is 5.56 Å². The first-order chi connectivity index (χ1) is 6.15. The van der Waals surface area contributed by atoms with Gasteiger partial charge in [0.15, 0.2) is 6.23 Å². The van der Waals surface area contributed by atoms with E-state index < -0.39 is 6.29 Å². The standard InChI is InChI=1S/C9H10ClNO2/c1-5-2-6(10)4-7(3-5)11-8-9(12)13-8/h2-4,8-9,11-12H,1H3. The second-order valence-corrected chi connectivity index (χ2v) is 3.55. The van der Waals surface area contributed by atoms with Crippen molar-refractivity contribution in [3.8, 4) is 0 Å². The Hall–Kier alpha value is -0.770. The lowest BCUT2D eigenvalue weighted by Crippen LogP contribution is -2.06. The maximum Gasteiger partial charge on any atom is 0.202 e. The molecule has 0 amide bonds. The molecule has 13 heavy (non-hydrogen) atoms. The van der Waals surface area contributed by atoms with Crippen LogP contribution in [0.2, 0.25) is 5.02 Å². The van der Waals surface area contributed by atoms with Crippen molar-refractivity contribution in [3.63, 3.8) is 0 Å². The molecule has 1 aromatic carbocycles. The lowest BCUT2D eigenvalue weighted by molar-refractivity contribution is 0.156. The molecule has 4 heteroatoms. The molecule has 0 spiro atoms. The van der Waals surface area contributed by atoms with Crippen molar-refractivity contribution in [2.45, 2.75) is 19.4 Å². The van der Waals surface area contributed by atoms with E-state index in [0.29, 0.717) is 5.02 Å². The minimum Gasteiger partial charge on any atom is -0.364 e. The first-order valence-electron chi connectivity index (χ1n) is 4.02. The van der Waals surface area contributed by atoms with Gasteiger partial charge in [0.2, 0.25) is 6.29 Å². The predicted molar refractivity (Wildman–Crippen MR) is 50.7 cm³/mol. The molecule has 1 saturated heterocycles. The van der Waals surface area contributed by atoms with Gasteiger partial charge >= 0.3 is 0 Å². The molecule has 0 saturated carbocycles. The number of aryl methyl sites for hydroxylation is 1. The summed E-state index contributed by atoms with van der Waals surface area (Å²) in [4.78, 5) is 0. The number of ether oxygens (including phenoxy) is 1. The van der Waals surface area contributed by atoms with Gasteiger partial charge in [0, 0.05) is 10.7 Å². The van der Waals surface area contributed by atoms with Crippen molar-refractivity contribution in [3.05, 3.63) is 28.8 Å². The monoisotopic (exact) mass is 199 g/mol. The highest BCUT2D eigenvalue weighted by Gasteiger charge is 2.36. The molecule has 3 nitrogen and oxygen atoms in total. The van der Waals surface area contributed by atoms with Gasteiger partial charge in [-0.3, -0.25) is 0 Å². The molecular weight excluding hydrogens is 190 g/mol. The second kappa shape index (κ2) is 3.18. The van der Waals surface area contributed by atoms with Crippen LogP contribution < -0.4 is 5.32 Å². The number of aliphatic hydroxyl groups excluding tert-OH is 1. The lowest BCUT2D eigenvalue weighted by atomic mass is 10.2. The van der Waals surface area contributed by atoms with Crippen molar-refractivity contribution in [1.29, 1.82) is 0 Å². The molecule has 2 atom stereocenters. The summed E-state index contributed by atoms with van der Waals surface area (Å²) in [5.41, 5.74) is 1.94. The fraction of sp³-hybridized carbons (Fsp3) is 0.333. The van der Waals surface area contributed by atoms with Gasteiger partial charge in [0.25, 0.3) is 0 Å². The quantitative estimate of drug-likeness (QED) is 0.714. The minimum atomic E-state index is -0.681. The van der Waals surface area contributed by atoms with Gasteiger partial charge in [-0.2, -0.15) is 0 Å². The first-order valence-corrected chi connectivity index (χ1v) is 4.40. The average Bonchev–Trinajstić information content (AvgIpc) is 2.63. The zero-order valence-electron chi connectivity index (χ0n) is 7.12. The highest BCUT2D eigenvalue weighted by molar-refractivity contribution is 6.30. The fourth-order valence-corrected chi connectivity index (χ4v) is 1.48. The maximum absolute atomic E-state index is 8.91. The molecule has 2 N–H and O–H groups in total. The average molecular weight is 200 g/mol. The predicted octanol–water partition coefficient (Wildman–Crippen LogP) is 1.74. The molecule has 2 unspecified atom stereocenters. The van der Waals surface area contributed by atoms with Crippen LogP contribution in [0, 0.1) is 6.92 Å². The van der Waals surface area contributed by atoms with Crippen LogP contribution in [0.4, 0.5) is 5.69 Å². The topological polar surface area (TPSA) is 44.8 Å². The lowest BCUT2D eigenvalue weighted by Gasteiger charge is -2.04. The van der Waals surface area contributed by atoms with E-state index in [0.717, 1.165) is 11.3 Å². The molecule has 0 aromatic heterocycles. The van der Waals surface area contributed by atoms with E-state index in [1.54, 1.807) is 6.07 Å². The molecule has 0 bridgehead atoms. The van der Waals surface area contributed by atoms with E-state index >= 15 is 0 Å². The van der Waals surface area contributed by atoms with Crippen LogP contribution in [0.3, 0.4) is 0 Å². The highest BCUT2D eigenvalue weighted by Crippen LogP contribution is 2.24. The van der Waals surface area contributed by atoms with Gasteiger partial charge < -0.3 is 15.2 Å². The molecule has 1 aliphatic rings. The van der Waals surface area contributed by atoms with Gasteiger partial charge in [-0.05, 0) is 30.7 Å². The normalized spacial score (nSPS) is 25.8. The van der Waals surface area contributed by atoms with E-state index in [1.807, 2.05) is 19.1 Å². The van der Waals surface area contributed by atoms with E-state index in [9.17, 15) is 0 Å². The van der Waals surface area contributed by atoms with Gasteiger partial charge in [-0.1, -0.05) is 11.6 Å². The molecule has 0 radical (unpaired) electrons. The summed E-state index contributed by atoms with van der Waals surface area (Å²) in [6.07, 6.45) is -0.961. The Balaban J connectivity index is 2.11. The van der Waals surface area contributed by atoms with Crippen LogP contribution >= 0.6 is 11.6 Å². The summed E-state index contributed by atoms with van der Waals surface area (Å²) < 4.78 is 4.80. The van der Waals surface area contributed by atoms with Crippen LogP contribution in [-0.4, -0.2) is 17.6 Å². The number of aliphatic hydroxyl groups is 1. The van der Waals surface area contributed by atoms with Crippen molar-refractivity contribution in [1.82, 2.24) is 0 Å². The molecular formula is C9H10ClNO2. The Morgan fingerprint density at radius 3 is 2.69 bits per heavy atom. The Labute approximate surface area is 81.3 Å². The summed E-state index contributed by atoms with van der Waals surface area (Å²) in [5.74, 6) is 0. The van der Waals surface area contributed by atoms with Crippen LogP contribution in [0.25, 0.3) is 0 Å². The van der Waals surface area contributed by atoms with Crippen molar-refractivity contribution in [2.24, 2.45) is 0 Å². The van der Waals surface area contributed by atoms with E-state index in [-0.39, 0.29) is 6.23 Å². The molecule has 1 fully saturated rings. The van der Waals surface area contributed by atoms with Crippen LogP contribution in [-0.2, 0) is 4.74 Å². The van der Waals surface area contributed by atoms with Crippen LogP contribution in [0.5, 0.6) is 0 Å². The number of halogens is 1. The zero-order chi connectivity index (χ0) is 9.42. The van der Waals surface area contributed by atoms with Crippen LogP contribution in [0.15, 0.2) is 18.2 Å². The number of hydrogen-bond donors (Lipinski definition) is 2. The summed E-state index contributed by atoms with van der Waals surface area (Å²) in [5, 5.41) is 12.6. The highest BCUT2D eigenvalue weighted by atomic mass is 35.5. The Kier molecular flexibility index (Phi) is 2.15. The Morgan fingerprint density at radius 2 is 2.15 bits per heavy atom. The number of epoxide rings is 1. The number of anilines is 1. The van der Waals surface area contributed by atoms with E-state index in [1.165, 1.54) is 0 Å². The summed E-state index contributed by atoms with van der Waals surface area (Å²) >= 11 is 5.85. The third-order valence-electron chi connectivity index (χ3n) is 1.82. The Morgan fingerprint density at radius 1 is 1.46 bits per heavy atom. The minimum absolute atomic E-state index is 0.280. The third-order valence-corrected chi connectivity index (χ3v) is 2.04. The second-order valence-electron chi connectivity index (χ2n) is 3.11. The van der Waals surface area contributed by atoms with Crippen molar-refractivity contribution >= 4 is 17.3 Å².